The van der Waals surface area contributed by atoms with Gasteiger partial charge in [-0.15, -0.1) is 0 Å². The van der Waals surface area contributed by atoms with Crippen molar-refractivity contribution in [3.8, 4) is 0 Å². The highest BCUT2D eigenvalue weighted by Gasteiger charge is 2.09. The molecule has 1 unspecified atom stereocenters. The van der Waals surface area contributed by atoms with Gasteiger partial charge in [0, 0.05) is 23.8 Å². The summed E-state index contributed by atoms with van der Waals surface area (Å²) in [5, 5.41) is 5.57. The molecule has 5 nitrogen and oxygen atoms in total. The second-order valence-electron chi connectivity index (χ2n) is 4.41. The Hall–Kier alpha value is -2.43. The van der Waals surface area contributed by atoms with Gasteiger partial charge in [-0.05, 0) is 37.3 Å². The molecular formula is C14H17N3O2. The Kier molecular flexibility index (Phi) is 4.07. The number of benzene rings is 1. The van der Waals surface area contributed by atoms with E-state index in [2.05, 4.69) is 10.6 Å². The van der Waals surface area contributed by atoms with Crippen molar-refractivity contribution in [2.45, 2.75) is 19.4 Å². The van der Waals surface area contributed by atoms with Crippen LogP contribution in [-0.2, 0) is 6.42 Å². The smallest absolute Gasteiger partial charge is 0.319 e. The van der Waals surface area contributed by atoms with E-state index in [0.29, 0.717) is 17.8 Å². The molecule has 1 atom stereocenters. The number of carbonyl (C=O) groups is 1. The molecule has 0 fully saturated rings. The van der Waals surface area contributed by atoms with Gasteiger partial charge in [0.1, 0.15) is 5.76 Å². The third kappa shape index (κ3) is 4.06. The van der Waals surface area contributed by atoms with Gasteiger partial charge in [-0.1, -0.05) is 6.07 Å². The third-order valence-corrected chi connectivity index (χ3v) is 2.61. The van der Waals surface area contributed by atoms with Gasteiger partial charge in [-0.2, -0.15) is 0 Å². The van der Waals surface area contributed by atoms with E-state index in [9.17, 15) is 4.79 Å². The number of nitrogens with one attached hydrogen (secondary N) is 2. The van der Waals surface area contributed by atoms with Crippen molar-refractivity contribution in [1.29, 1.82) is 0 Å². The Bertz CT molecular complexity index is 537. The Balaban J connectivity index is 1.84. The SMILES string of the molecule is CC(Cc1ccco1)NC(=O)Nc1cccc(N)c1. The number of anilines is 2. The van der Waals surface area contributed by atoms with Crippen molar-refractivity contribution in [3.63, 3.8) is 0 Å². The van der Waals surface area contributed by atoms with Gasteiger partial charge in [0.15, 0.2) is 0 Å². The van der Waals surface area contributed by atoms with Gasteiger partial charge >= 0.3 is 6.03 Å². The molecule has 4 N–H and O–H groups in total. The molecule has 0 bridgehead atoms. The molecule has 2 amide bonds. The highest BCUT2D eigenvalue weighted by molar-refractivity contribution is 5.89. The molecule has 5 heteroatoms. The van der Waals surface area contributed by atoms with Crippen molar-refractivity contribution >= 4 is 17.4 Å². The maximum atomic E-state index is 11.8. The predicted octanol–water partition coefficient (Wildman–Crippen LogP) is 2.61. The topological polar surface area (TPSA) is 80.3 Å². The van der Waals surface area contributed by atoms with Gasteiger partial charge in [0.25, 0.3) is 0 Å². The maximum Gasteiger partial charge on any atom is 0.319 e. The summed E-state index contributed by atoms with van der Waals surface area (Å²) < 4.78 is 5.23. The molecule has 2 aromatic rings. The van der Waals surface area contributed by atoms with Crippen LogP contribution in [0, 0.1) is 0 Å². The van der Waals surface area contributed by atoms with E-state index in [1.165, 1.54) is 0 Å². The fourth-order valence-electron chi connectivity index (χ4n) is 1.79. The first-order valence-electron chi connectivity index (χ1n) is 6.09. The molecule has 2 rings (SSSR count). The second kappa shape index (κ2) is 5.95. The van der Waals surface area contributed by atoms with Crippen LogP contribution in [0.4, 0.5) is 16.2 Å². The van der Waals surface area contributed by atoms with Gasteiger partial charge < -0.3 is 20.8 Å². The average molecular weight is 259 g/mol. The summed E-state index contributed by atoms with van der Waals surface area (Å²) in [6, 6.07) is 10.5. The molecule has 0 aliphatic rings. The zero-order chi connectivity index (χ0) is 13.7. The van der Waals surface area contributed by atoms with E-state index in [4.69, 9.17) is 10.2 Å². The van der Waals surface area contributed by atoms with Crippen molar-refractivity contribution in [3.05, 3.63) is 48.4 Å². The van der Waals surface area contributed by atoms with Crippen molar-refractivity contribution in [1.82, 2.24) is 5.32 Å². The Morgan fingerprint density at radius 1 is 1.37 bits per heavy atom. The van der Waals surface area contributed by atoms with Crippen LogP contribution in [0.15, 0.2) is 47.1 Å². The first-order chi connectivity index (χ1) is 9.13. The quantitative estimate of drug-likeness (QED) is 0.738. The van der Waals surface area contributed by atoms with Crippen LogP contribution in [0.2, 0.25) is 0 Å². The number of nitrogens with two attached hydrogens (primary N) is 1. The van der Waals surface area contributed by atoms with Crippen LogP contribution in [0.1, 0.15) is 12.7 Å². The molecule has 0 radical (unpaired) electrons. The molecule has 100 valence electrons. The van der Waals surface area contributed by atoms with Crippen LogP contribution in [0.5, 0.6) is 0 Å². The van der Waals surface area contributed by atoms with E-state index < -0.39 is 0 Å². The van der Waals surface area contributed by atoms with Crippen LogP contribution in [0.25, 0.3) is 0 Å². The lowest BCUT2D eigenvalue weighted by Crippen LogP contribution is -2.37. The monoisotopic (exact) mass is 259 g/mol. The highest BCUT2D eigenvalue weighted by Crippen LogP contribution is 2.11. The summed E-state index contributed by atoms with van der Waals surface area (Å²) in [7, 11) is 0. The van der Waals surface area contributed by atoms with Crippen LogP contribution < -0.4 is 16.4 Å². The van der Waals surface area contributed by atoms with E-state index in [1.807, 2.05) is 19.1 Å². The van der Waals surface area contributed by atoms with E-state index in [0.717, 1.165) is 5.76 Å². The summed E-state index contributed by atoms with van der Waals surface area (Å²) in [6.07, 6.45) is 2.27. The van der Waals surface area contributed by atoms with E-state index >= 15 is 0 Å². The Morgan fingerprint density at radius 3 is 2.89 bits per heavy atom. The number of hydrogen-bond donors (Lipinski definition) is 3. The number of hydrogen-bond acceptors (Lipinski definition) is 3. The van der Waals surface area contributed by atoms with E-state index in [-0.39, 0.29) is 12.1 Å². The number of carbonyl (C=O) groups excluding carboxylic acids is 1. The molecule has 0 spiro atoms. The molecule has 19 heavy (non-hydrogen) atoms. The lowest BCUT2D eigenvalue weighted by atomic mass is 10.2. The predicted molar refractivity (Wildman–Crippen MR) is 74.9 cm³/mol. The minimum absolute atomic E-state index is 0.0211. The minimum Gasteiger partial charge on any atom is -0.469 e. The average Bonchev–Trinajstić information content (AvgIpc) is 2.81. The van der Waals surface area contributed by atoms with Gasteiger partial charge in [0.2, 0.25) is 0 Å². The first kappa shape index (κ1) is 13.0. The fourth-order valence-corrected chi connectivity index (χ4v) is 1.79. The zero-order valence-electron chi connectivity index (χ0n) is 10.7. The summed E-state index contributed by atoms with van der Waals surface area (Å²) in [4.78, 5) is 11.8. The fraction of sp³-hybridized carbons (Fsp3) is 0.214. The zero-order valence-corrected chi connectivity index (χ0v) is 10.7. The lowest BCUT2D eigenvalue weighted by Gasteiger charge is -2.13. The standard InChI is InChI=1S/C14H17N3O2/c1-10(8-13-6-3-7-19-13)16-14(18)17-12-5-2-4-11(15)9-12/h2-7,9-10H,8,15H2,1H3,(H2,16,17,18). The lowest BCUT2D eigenvalue weighted by molar-refractivity contribution is 0.248. The molecule has 1 aromatic heterocycles. The first-order valence-corrected chi connectivity index (χ1v) is 6.09. The molecule has 0 aliphatic carbocycles. The van der Waals surface area contributed by atoms with Gasteiger partial charge in [0.05, 0.1) is 6.26 Å². The summed E-state index contributed by atoms with van der Waals surface area (Å²) >= 11 is 0. The summed E-state index contributed by atoms with van der Waals surface area (Å²) in [6.45, 7) is 1.92. The largest absolute Gasteiger partial charge is 0.469 e. The molecule has 0 saturated heterocycles. The maximum absolute atomic E-state index is 11.8. The van der Waals surface area contributed by atoms with Crippen LogP contribution >= 0.6 is 0 Å². The molecule has 1 aromatic carbocycles. The Labute approximate surface area is 111 Å². The van der Waals surface area contributed by atoms with Crippen molar-refractivity contribution in [2.24, 2.45) is 0 Å². The highest BCUT2D eigenvalue weighted by atomic mass is 16.3. The summed E-state index contributed by atoms with van der Waals surface area (Å²) in [5.74, 6) is 0.844. The molecule has 0 saturated carbocycles. The summed E-state index contributed by atoms with van der Waals surface area (Å²) in [5.41, 5.74) is 6.92. The Morgan fingerprint density at radius 2 is 2.21 bits per heavy atom. The van der Waals surface area contributed by atoms with Crippen LogP contribution in [0.3, 0.4) is 0 Å². The number of nitrogen functional groups attached to an aromatic ring is 1. The third-order valence-electron chi connectivity index (χ3n) is 2.61. The minimum atomic E-state index is -0.260. The van der Waals surface area contributed by atoms with Crippen LogP contribution in [-0.4, -0.2) is 12.1 Å². The molecule has 1 heterocycles. The van der Waals surface area contributed by atoms with Crippen molar-refractivity contribution in [2.75, 3.05) is 11.1 Å². The molecular weight excluding hydrogens is 242 g/mol. The van der Waals surface area contributed by atoms with Gasteiger partial charge in [-0.3, -0.25) is 0 Å². The number of rotatable bonds is 4. The molecule has 0 aliphatic heterocycles. The van der Waals surface area contributed by atoms with Crippen molar-refractivity contribution < 1.29 is 9.21 Å². The number of urea groups is 1. The number of amides is 2. The second-order valence-corrected chi connectivity index (χ2v) is 4.41. The number of furan rings is 1. The van der Waals surface area contributed by atoms with Gasteiger partial charge in [-0.25, -0.2) is 4.79 Å². The van der Waals surface area contributed by atoms with E-state index in [1.54, 1.807) is 30.5 Å². The normalized spacial score (nSPS) is 11.8.